The molecule has 3 amide bonds. The molecule has 2 aliphatic heterocycles. The van der Waals surface area contributed by atoms with Crippen molar-refractivity contribution in [1.29, 1.82) is 0 Å². The minimum absolute atomic E-state index is 0.0996. The van der Waals surface area contributed by atoms with Gasteiger partial charge in [-0.2, -0.15) is 0 Å². The lowest BCUT2D eigenvalue weighted by atomic mass is 10.1. The molecule has 2 fully saturated rings. The summed E-state index contributed by atoms with van der Waals surface area (Å²) >= 11 is 0. The first-order valence-corrected chi connectivity index (χ1v) is 6.03. The zero-order chi connectivity index (χ0) is 12.4. The molecule has 0 aliphatic carbocycles. The minimum atomic E-state index is -0.309. The molecule has 0 spiro atoms. The van der Waals surface area contributed by atoms with Gasteiger partial charge >= 0.3 is 6.03 Å². The lowest BCUT2D eigenvalue weighted by molar-refractivity contribution is -0.128. The lowest BCUT2D eigenvalue weighted by Crippen LogP contribution is -2.38. The number of rotatable bonds is 6. The van der Waals surface area contributed by atoms with Crippen LogP contribution in [0.4, 0.5) is 4.79 Å². The number of carbonyl (C=O) groups excluding carboxylic acids is 2. The Morgan fingerprint density at radius 1 is 1.53 bits per heavy atom. The van der Waals surface area contributed by atoms with E-state index in [0.717, 1.165) is 6.42 Å². The van der Waals surface area contributed by atoms with Crippen LogP contribution < -0.4 is 0 Å². The summed E-state index contributed by atoms with van der Waals surface area (Å²) in [5.74, 6) is -0.0996. The second-order valence-electron chi connectivity index (χ2n) is 4.43. The Bertz CT molecular complexity index is 339. The van der Waals surface area contributed by atoms with Crippen molar-refractivity contribution in [2.45, 2.75) is 31.9 Å². The molecule has 0 saturated carbocycles. The molecule has 94 valence electrons. The van der Waals surface area contributed by atoms with Gasteiger partial charge in [-0.1, -0.05) is 19.4 Å². The Morgan fingerprint density at radius 2 is 2.24 bits per heavy atom. The number of nitrogens with zero attached hydrogens (tertiary/aromatic N) is 2. The number of amides is 3. The maximum atomic E-state index is 12.1. The SMILES string of the molecule is C=CCN1C(=O)C(CCC)N(CC2CO2)C1=O. The van der Waals surface area contributed by atoms with E-state index in [1.807, 2.05) is 6.92 Å². The highest BCUT2D eigenvalue weighted by atomic mass is 16.6. The minimum Gasteiger partial charge on any atom is -0.371 e. The molecule has 0 aromatic heterocycles. The van der Waals surface area contributed by atoms with Gasteiger partial charge in [0.25, 0.3) is 5.91 Å². The number of urea groups is 1. The molecule has 2 atom stereocenters. The van der Waals surface area contributed by atoms with Crippen molar-refractivity contribution in [3.63, 3.8) is 0 Å². The van der Waals surface area contributed by atoms with Crippen LogP contribution in [0.15, 0.2) is 12.7 Å². The van der Waals surface area contributed by atoms with Crippen LogP contribution in [0.1, 0.15) is 19.8 Å². The average Bonchev–Trinajstić information content (AvgIpc) is 3.09. The molecule has 5 nitrogen and oxygen atoms in total. The molecule has 0 radical (unpaired) electrons. The van der Waals surface area contributed by atoms with E-state index < -0.39 is 0 Å². The van der Waals surface area contributed by atoms with Crippen molar-refractivity contribution < 1.29 is 14.3 Å². The normalized spacial score (nSPS) is 27.8. The summed E-state index contributed by atoms with van der Waals surface area (Å²) in [4.78, 5) is 27.1. The molecule has 2 saturated heterocycles. The number of hydrogen-bond donors (Lipinski definition) is 0. The van der Waals surface area contributed by atoms with Crippen molar-refractivity contribution in [2.24, 2.45) is 0 Å². The van der Waals surface area contributed by atoms with Crippen molar-refractivity contribution in [3.05, 3.63) is 12.7 Å². The lowest BCUT2D eigenvalue weighted by Gasteiger charge is -2.20. The van der Waals surface area contributed by atoms with Crippen LogP contribution in [-0.2, 0) is 9.53 Å². The topological polar surface area (TPSA) is 53.2 Å². The molecule has 2 heterocycles. The second kappa shape index (κ2) is 4.87. The summed E-state index contributed by atoms with van der Waals surface area (Å²) in [5.41, 5.74) is 0. The van der Waals surface area contributed by atoms with E-state index in [4.69, 9.17) is 4.74 Å². The smallest absolute Gasteiger partial charge is 0.327 e. The molecule has 2 unspecified atom stereocenters. The highest BCUT2D eigenvalue weighted by Gasteiger charge is 2.45. The van der Waals surface area contributed by atoms with E-state index >= 15 is 0 Å². The van der Waals surface area contributed by atoms with E-state index in [2.05, 4.69) is 6.58 Å². The van der Waals surface area contributed by atoms with Crippen molar-refractivity contribution >= 4 is 11.9 Å². The standard InChI is InChI=1S/C12H18N2O3/c1-3-5-10-11(15)13(6-4-2)12(16)14(10)7-9-8-17-9/h4,9-10H,2-3,5-8H2,1H3. The summed E-state index contributed by atoms with van der Waals surface area (Å²) in [5, 5.41) is 0. The molecule has 2 rings (SSSR count). The highest BCUT2D eigenvalue weighted by molar-refractivity contribution is 6.04. The van der Waals surface area contributed by atoms with Crippen LogP contribution in [0.5, 0.6) is 0 Å². The fraction of sp³-hybridized carbons (Fsp3) is 0.667. The van der Waals surface area contributed by atoms with Gasteiger partial charge in [0.1, 0.15) is 6.04 Å². The molecule has 0 N–H and O–H groups in total. The zero-order valence-electron chi connectivity index (χ0n) is 10.1. The van der Waals surface area contributed by atoms with Crippen LogP contribution in [0, 0.1) is 0 Å². The van der Waals surface area contributed by atoms with Crippen molar-refractivity contribution in [2.75, 3.05) is 19.7 Å². The fourth-order valence-electron chi connectivity index (χ4n) is 2.14. The number of hydrogen-bond acceptors (Lipinski definition) is 3. The van der Waals surface area contributed by atoms with Crippen LogP contribution >= 0.6 is 0 Å². The van der Waals surface area contributed by atoms with Crippen LogP contribution in [0.2, 0.25) is 0 Å². The molecule has 0 aromatic carbocycles. The Hall–Kier alpha value is -1.36. The summed E-state index contributed by atoms with van der Waals surface area (Å²) < 4.78 is 5.13. The van der Waals surface area contributed by atoms with Crippen LogP contribution in [-0.4, -0.2) is 53.6 Å². The maximum Gasteiger partial charge on any atom is 0.327 e. The third-order valence-corrected chi connectivity index (χ3v) is 3.08. The van der Waals surface area contributed by atoms with Gasteiger partial charge in [-0.3, -0.25) is 9.69 Å². The van der Waals surface area contributed by atoms with Crippen LogP contribution in [0.3, 0.4) is 0 Å². The first kappa shape index (κ1) is 12.1. The van der Waals surface area contributed by atoms with Gasteiger partial charge in [-0.05, 0) is 6.42 Å². The Balaban J connectivity index is 2.11. The Morgan fingerprint density at radius 3 is 2.76 bits per heavy atom. The quantitative estimate of drug-likeness (QED) is 0.394. The summed E-state index contributed by atoms with van der Waals surface area (Å²) in [7, 11) is 0. The third kappa shape index (κ3) is 2.34. The molecule has 0 bridgehead atoms. The van der Waals surface area contributed by atoms with Gasteiger partial charge in [0.05, 0.1) is 19.3 Å². The molecule has 2 aliphatic rings. The molecule has 5 heteroatoms. The first-order chi connectivity index (χ1) is 8.19. The van der Waals surface area contributed by atoms with Gasteiger partial charge in [-0.15, -0.1) is 6.58 Å². The average molecular weight is 238 g/mol. The molecule has 0 aromatic rings. The molecular weight excluding hydrogens is 220 g/mol. The summed E-state index contributed by atoms with van der Waals surface area (Å²) in [6.45, 7) is 7.10. The van der Waals surface area contributed by atoms with E-state index in [0.29, 0.717) is 26.1 Å². The van der Waals surface area contributed by atoms with Gasteiger partial charge in [0.2, 0.25) is 0 Å². The number of imide groups is 1. The first-order valence-electron chi connectivity index (χ1n) is 6.03. The van der Waals surface area contributed by atoms with Gasteiger partial charge in [-0.25, -0.2) is 4.79 Å². The fourth-order valence-corrected chi connectivity index (χ4v) is 2.14. The largest absolute Gasteiger partial charge is 0.371 e. The highest BCUT2D eigenvalue weighted by Crippen LogP contribution is 2.24. The zero-order valence-corrected chi connectivity index (χ0v) is 10.1. The van der Waals surface area contributed by atoms with Gasteiger partial charge < -0.3 is 9.64 Å². The maximum absolute atomic E-state index is 12.1. The number of ether oxygens (including phenoxy) is 1. The number of epoxide rings is 1. The van der Waals surface area contributed by atoms with Gasteiger partial charge in [0, 0.05) is 6.54 Å². The second-order valence-corrected chi connectivity index (χ2v) is 4.43. The van der Waals surface area contributed by atoms with E-state index in [9.17, 15) is 9.59 Å². The summed E-state index contributed by atoms with van der Waals surface area (Å²) in [6.07, 6.45) is 3.30. The monoisotopic (exact) mass is 238 g/mol. The van der Waals surface area contributed by atoms with Crippen molar-refractivity contribution in [3.8, 4) is 0 Å². The predicted molar refractivity (Wildman–Crippen MR) is 62.4 cm³/mol. The van der Waals surface area contributed by atoms with E-state index in [-0.39, 0.29) is 24.1 Å². The molecular formula is C12H18N2O3. The van der Waals surface area contributed by atoms with Crippen molar-refractivity contribution in [1.82, 2.24) is 9.80 Å². The molecule has 17 heavy (non-hydrogen) atoms. The van der Waals surface area contributed by atoms with Crippen LogP contribution in [0.25, 0.3) is 0 Å². The van der Waals surface area contributed by atoms with E-state index in [1.54, 1.807) is 11.0 Å². The summed E-state index contributed by atoms with van der Waals surface area (Å²) in [6, 6.07) is -0.513. The van der Waals surface area contributed by atoms with E-state index in [1.165, 1.54) is 4.90 Å². The Labute approximate surface area is 101 Å². The van der Waals surface area contributed by atoms with Gasteiger partial charge in [0.15, 0.2) is 0 Å². The Kier molecular flexibility index (Phi) is 3.47. The number of carbonyl (C=O) groups is 2. The predicted octanol–water partition coefficient (Wildman–Crippen LogP) is 1.00. The third-order valence-electron chi connectivity index (χ3n) is 3.08.